The van der Waals surface area contributed by atoms with Gasteiger partial charge in [0.15, 0.2) is 6.10 Å². The van der Waals surface area contributed by atoms with Crippen molar-refractivity contribution in [2.75, 3.05) is 5.32 Å². The van der Waals surface area contributed by atoms with Gasteiger partial charge in [-0.1, -0.05) is 36.4 Å². The van der Waals surface area contributed by atoms with Crippen LogP contribution in [-0.4, -0.2) is 18.0 Å². The summed E-state index contributed by atoms with van der Waals surface area (Å²) in [7, 11) is 0. The number of anilines is 1. The number of esters is 1. The van der Waals surface area contributed by atoms with Crippen LogP contribution in [0.25, 0.3) is 0 Å². The SMILES string of the molecule is C[C@@H](OC(=O)c1ccc(OCc2ccccc2)cc1)C(=O)Nc1c(F)cccc1F. The van der Waals surface area contributed by atoms with Crippen molar-refractivity contribution in [3.8, 4) is 5.75 Å². The molecule has 0 aliphatic rings. The second-order valence-corrected chi connectivity index (χ2v) is 6.43. The molecular formula is C23H19F2NO4. The number of halogens is 2. The number of ether oxygens (including phenoxy) is 2. The summed E-state index contributed by atoms with van der Waals surface area (Å²) in [5.74, 6) is -2.88. The maximum Gasteiger partial charge on any atom is 0.338 e. The van der Waals surface area contributed by atoms with Crippen molar-refractivity contribution in [1.29, 1.82) is 0 Å². The Bertz CT molecular complexity index is 1000. The largest absolute Gasteiger partial charge is 0.489 e. The zero-order valence-electron chi connectivity index (χ0n) is 16.1. The molecule has 0 aromatic heterocycles. The Morgan fingerprint density at radius 3 is 2.17 bits per heavy atom. The standard InChI is InChI=1S/C23H19F2NO4/c1-15(22(27)26-21-19(24)8-5-9-20(21)25)30-23(28)17-10-12-18(13-11-17)29-14-16-6-3-2-4-7-16/h2-13,15H,14H2,1H3,(H,26,27)/t15-/m1/s1. The number of benzene rings is 3. The molecule has 0 saturated carbocycles. The van der Waals surface area contributed by atoms with Gasteiger partial charge in [-0.2, -0.15) is 0 Å². The van der Waals surface area contributed by atoms with Crippen molar-refractivity contribution in [2.24, 2.45) is 0 Å². The fraction of sp³-hybridized carbons (Fsp3) is 0.130. The molecule has 0 aliphatic carbocycles. The smallest absolute Gasteiger partial charge is 0.338 e. The lowest BCUT2D eigenvalue weighted by Gasteiger charge is -2.14. The van der Waals surface area contributed by atoms with Crippen LogP contribution in [0, 0.1) is 11.6 Å². The van der Waals surface area contributed by atoms with E-state index in [9.17, 15) is 18.4 Å². The van der Waals surface area contributed by atoms with Crippen molar-refractivity contribution in [1.82, 2.24) is 0 Å². The first-order chi connectivity index (χ1) is 14.4. The monoisotopic (exact) mass is 411 g/mol. The molecule has 1 amide bonds. The fourth-order valence-corrected chi connectivity index (χ4v) is 2.55. The predicted octanol–water partition coefficient (Wildman–Crippen LogP) is 4.73. The van der Waals surface area contributed by atoms with E-state index < -0.39 is 35.3 Å². The Labute approximate surface area is 172 Å². The molecule has 5 nitrogen and oxygen atoms in total. The molecule has 3 aromatic rings. The maximum absolute atomic E-state index is 13.6. The Hall–Kier alpha value is -3.74. The lowest BCUT2D eigenvalue weighted by Crippen LogP contribution is -2.30. The number of rotatable bonds is 7. The van der Waals surface area contributed by atoms with Gasteiger partial charge in [0.1, 0.15) is 29.7 Å². The zero-order valence-corrected chi connectivity index (χ0v) is 16.1. The number of carbonyl (C=O) groups is 2. The highest BCUT2D eigenvalue weighted by atomic mass is 19.1. The maximum atomic E-state index is 13.6. The second-order valence-electron chi connectivity index (χ2n) is 6.43. The molecule has 7 heteroatoms. The number of carbonyl (C=O) groups excluding carboxylic acids is 2. The average molecular weight is 411 g/mol. The van der Waals surface area contributed by atoms with E-state index in [2.05, 4.69) is 5.32 Å². The molecule has 0 unspecified atom stereocenters. The zero-order chi connectivity index (χ0) is 21.5. The van der Waals surface area contributed by atoms with Crippen LogP contribution in [0.5, 0.6) is 5.75 Å². The number of nitrogens with one attached hydrogen (secondary N) is 1. The van der Waals surface area contributed by atoms with Gasteiger partial charge in [-0.05, 0) is 48.9 Å². The van der Waals surface area contributed by atoms with E-state index in [1.807, 2.05) is 30.3 Å². The van der Waals surface area contributed by atoms with Crippen LogP contribution in [0.15, 0.2) is 72.8 Å². The summed E-state index contributed by atoms with van der Waals surface area (Å²) in [5, 5.41) is 2.09. The van der Waals surface area contributed by atoms with Crippen LogP contribution in [-0.2, 0) is 16.1 Å². The van der Waals surface area contributed by atoms with Gasteiger partial charge in [-0.15, -0.1) is 0 Å². The summed E-state index contributed by atoms with van der Waals surface area (Å²) in [6.45, 7) is 1.69. The highest BCUT2D eigenvalue weighted by Crippen LogP contribution is 2.19. The number of hydrogen-bond acceptors (Lipinski definition) is 4. The van der Waals surface area contributed by atoms with E-state index in [1.54, 1.807) is 12.1 Å². The molecule has 0 saturated heterocycles. The Balaban J connectivity index is 1.55. The van der Waals surface area contributed by atoms with Crippen LogP contribution in [0.2, 0.25) is 0 Å². The molecule has 0 bridgehead atoms. The van der Waals surface area contributed by atoms with Crippen LogP contribution in [0.4, 0.5) is 14.5 Å². The third kappa shape index (κ3) is 5.41. The van der Waals surface area contributed by atoms with Crippen LogP contribution in [0.3, 0.4) is 0 Å². The van der Waals surface area contributed by atoms with Gasteiger partial charge in [0.25, 0.3) is 5.91 Å². The topological polar surface area (TPSA) is 64.6 Å². The molecule has 154 valence electrons. The van der Waals surface area contributed by atoms with Gasteiger partial charge in [-0.25, -0.2) is 13.6 Å². The lowest BCUT2D eigenvalue weighted by atomic mass is 10.2. The first-order valence-electron chi connectivity index (χ1n) is 9.16. The summed E-state index contributed by atoms with van der Waals surface area (Å²) in [6, 6.07) is 19.0. The predicted molar refractivity (Wildman–Crippen MR) is 107 cm³/mol. The Morgan fingerprint density at radius 2 is 1.53 bits per heavy atom. The van der Waals surface area contributed by atoms with Crippen LogP contribution >= 0.6 is 0 Å². The van der Waals surface area contributed by atoms with E-state index in [0.717, 1.165) is 17.7 Å². The molecule has 30 heavy (non-hydrogen) atoms. The van der Waals surface area contributed by atoms with Crippen molar-refractivity contribution >= 4 is 17.6 Å². The molecule has 0 fully saturated rings. The highest BCUT2D eigenvalue weighted by Gasteiger charge is 2.21. The Morgan fingerprint density at radius 1 is 0.900 bits per heavy atom. The molecule has 0 aliphatic heterocycles. The molecule has 0 heterocycles. The molecular weight excluding hydrogens is 392 g/mol. The van der Waals surface area contributed by atoms with Crippen molar-refractivity contribution in [3.63, 3.8) is 0 Å². The molecule has 3 aromatic carbocycles. The van der Waals surface area contributed by atoms with E-state index in [0.29, 0.717) is 12.4 Å². The van der Waals surface area contributed by atoms with E-state index in [1.165, 1.54) is 25.1 Å². The third-order valence-electron chi connectivity index (χ3n) is 4.20. The van der Waals surface area contributed by atoms with Gasteiger partial charge >= 0.3 is 5.97 Å². The molecule has 1 atom stereocenters. The van der Waals surface area contributed by atoms with E-state index in [-0.39, 0.29) is 5.56 Å². The van der Waals surface area contributed by atoms with Crippen LogP contribution in [0.1, 0.15) is 22.8 Å². The first-order valence-corrected chi connectivity index (χ1v) is 9.16. The molecule has 0 radical (unpaired) electrons. The number of para-hydroxylation sites is 1. The first kappa shape index (κ1) is 21.0. The summed E-state index contributed by atoms with van der Waals surface area (Å²) < 4.78 is 38.0. The number of hydrogen-bond donors (Lipinski definition) is 1. The van der Waals surface area contributed by atoms with Crippen LogP contribution < -0.4 is 10.1 Å². The summed E-state index contributed by atoms with van der Waals surface area (Å²) in [4.78, 5) is 24.4. The summed E-state index contributed by atoms with van der Waals surface area (Å²) >= 11 is 0. The minimum atomic E-state index is -1.26. The summed E-state index contributed by atoms with van der Waals surface area (Å²) in [6.07, 6.45) is -1.26. The van der Waals surface area contributed by atoms with Gasteiger partial charge in [0.2, 0.25) is 0 Å². The minimum absolute atomic E-state index is 0.207. The second kappa shape index (κ2) is 9.65. The quantitative estimate of drug-likeness (QED) is 0.571. The summed E-state index contributed by atoms with van der Waals surface area (Å²) in [5.41, 5.74) is 0.621. The average Bonchev–Trinajstić information content (AvgIpc) is 2.75. The normalized spacial score (nSPS) is 11.4. The van der Waals surface area contributed by atoms with Gasteiger partial charge in [0, 0.05) is 0 Å². The van der Waals surface area contributed by atoms with Crippen molar-refractivity contribution in [3.05, 3.63) is 95.6 Å². The van der Waals surface area contributed by atoms with E-state index >= 15 is 0 Å². The molecule has 0 spiro atoms. The van der Waals surface area contributed by atoms with Crippen molar-refractivity contribution < 1.29 is 27.8 Å². The highest BCUT2D eigenvalue weighted by molar-refractivity contribution is 5.97. The minimum Gasteiger partial charge on any atom is -0.489 e. The van der Waals surface area contributed by atoms with Gasteiger partial charge in [-0.3, -0.25) is 4.79 Å². The van der Waals surface area contributed by atoms with Gasteiger partial charge in [0.05, 0.1) is 5.56 Å². The fourth-order valence-electron chi connectivity index (χ4n) is 2.55. The lowest BCUT2D eigenvalue weighted by molar-refractivity contribution is -0.123. The van der Waals surface area contributed by atoms with Crippen molar-refractivity contribution in [2.45, 2.75) is 19.6 Å². The van der Waals surface area contributed by atoms with E-state index in [4.69, 9.17) is 9.47 Å². The van der Waals surface area contributed by atoms with Gasteiger partial charge < -0.3 is 14.8 Å². The number of amides is 1. The molecule has 1 N–H and O–H groups in total. The third-order valence-corrected chi connectivity index (χ3v) is 4.20. The Kier molecular flexibility index (Phi) is 6.75. The molecule has 3 rings (SSSR count).